The molecule has 4 amide bonds. The second kappa shape index (κ2) is 6.25. The third kappa shape index (κ3) is 2.02. The highest BCUT2D eigenvalue weighted by atomic mass is 16.5. The molecule has 0 saturated carbocycles. The SMILES string of the molecule is CCN1C(=O)C2C3C=CC(c4ccc(C56C=CC(O5)C5C(=O)N(CC)C(=O)C56)nn4)(O3)C2C1=O. The summed E-state index contributed by atoms with van der Waals surface area (Å²) in [5.74, 6) is -3.41. The van der Waals surface area contributed by atoms with E-state index in [9.17, 15) is 19.2 Å². The molecule has 8 atom stereocenters. The highest BCUT2D eigenvalue weighted by Gasteiger charge is 2.70. The maximum atomic E-state index is 13.1. The molecule has 10 nitrogen and oxygen atoms in total. The molecule has 4 bridgehead atoms. The number of hydrogen-bond donors (Lipinski definition) is 0. The van der Waals surface area contributed by atoms with Gasteiger partial charge in [0.1, 0.15) is 11.2 Å². The smallest absolute Gasteiger partial charge is 0.236 e. The maximum Gasteiger partial charge on any atom is 0.236 e. The molecule has 7 rings (SSSR count). The number of nitrogens with zero attached hydrogens (tertiary/aromatic N) is 4. The largest absolute Gasteiger partial charge is 0.355 e. The summed E-state index contributed by atoms with van der Waals surface area (Å²) in [4.78, 5) is 54.3. The van der Waals surface area contributed by atoms with Crippen LogP contribution in [0.2, 0.25) is 0 Å². The van der Waals surface area contributed by atoms with E-state index in [1.54, 1.807) is 38.1 Å². The van der Waals surface area contributed by atoms with Crippen molar-refractivity contribution in [2.75, 3.05) is 13.1 Å². The molecule has 6 aliphatic rings. The van der Waals surface area contributed by atoms with Crippen LogP contribution in [-0.4, -0.2) is 68.9 Å². The van der Waals surface area contributed by atoms with Gasteiger partial charge in [0.25, 0.3) is 0 Å². The number of likely N-dealkylation sites (tertiary alicyclic amines) is 2. The number of hydrogen-bond acceptors (Lipinski definition) is 8. The van der Waals surface area contributed by atoms with Crippen LogP contribution in [0.3, 0.4) is 0 Å². The Morgan fingerprint density at radius 2 is 1.15 bits per heavy atom. The number of ether oxygens (including phenoxy) is 2. The second-order valence-electron chi connectivity index (χ2n) is 9.62. The zero-order valence-corrected chi connectivity index (χ0v) is 18.6. The van der Waals surface area contributed by atoms with Crippen molar-refractivity contribution in [1.82, 2.24) is 20.0 Å². The third-order valence-corrected chi connectivity index (χ3v) is 8.34. The summed E-state index contributed by atoms with van der Waals surface area (Å²) in [6.45, 7) is 4.18. The minimum absolute atomic E-state index is 0.213. The number of fused-ring (bicyclic) bond motifs is 10. The van der Waals surface area contributed by atoms with Crippen molar-refractivity contribution in [3.8, 4) is 0 Å². The van der Waals surface area contributed by atoms with Gasteiger partial charge in [-0.2, -0.15) is 10.2 Å². The molecule has 4 saturated heterocycles. The molecule has 4 fully saturated rings. The molecule has 0 aromatic carbocycles. The van der Waals surface area contributed by atoms with Crippen molar-refractivity contribution >= 4 is 23.6 Å². The van der Waals surface area contributed by atoms with E-state index in [-0.39, 0.29) is 23.6 Å². The van der Waals surface area contributed by atoms with E-state index < -0.39 is 47.1 Å². The first-order valence-electron chi connectivity index (χ1n) is 11.7. The Morgan fingerprint density at radius 3 is 1.50 bits per heavy atom. The zero-order chi connectivity index (χ0) is 23.6. The molecule has 34 heavy (non-hydrogen) atoms. The molecule has 0 spiro atoms. The van der Waals surface area contributed by atoms with Crippen LogP contribution >= 0.6 is 0 Å². The molecule has 0 radical (unpaired) electrons. The summed E-state index contributed by atoms with van der Waals surface area (Å²) in [6, 6.07) is 3.43. The lowest BCUT2D eigenvalue weighted by Gasteiger charge is -2.30. The summed E-state index contributed by atoms with van der Waals surface area (Å²) < 4.78 is 12.3. The molecule has 1 aromatic heterocycles. The van der Waals surface area contributed by atoms with E-state index in [1.165, 1.54) is 9.80 Å². The van der Waals surface area contributed by atoms with Gasteiger partial charge in [0.2, 0.25) is 23.6 Å². The van der Waals surface area contributed by atoms with E-state index in [0.717, 1.165) is 0 Å². The Bertz CT molecular complexity index is 1150. The number of amides is 4. The topological polar surface area (TPSA) is 119 Å². The number of carbonyl (C=O) groups is 4. The minimum atomic E-state index is -1.15. The molecular formula is C24H22N4O6. The van der Waals surface area contributed by atoms with Gasteiger partial charge in [0.15, 0.2) is 0 Å². The van der Waals surface area contributed by atoms with Gasteiger partial charge in [-0.1, -0.05) is 12.2 Å². The maximum absolute atomic E-state index is 13.1. The average molecular weight is 462 g/mol. The summed E-state index contributed by atoms with van der Waals surface area (Å²) in [6.07, 6.45) is 6.29. The Labute approximate surface area is 194 Å². The fourth-order valence-corrected chi connectivity index (χ4v) is 6.87. The first-order valence-corrected chi connectivity index (χ1v) is 11.7. The average Bonchev–Trinajstić information content (AvgIpc) is 3.66. The van der Waals surface area contributed by atoms with Crippen molar-refractivity contribution in [2.45, 2.75) is 37.3 Å². The fraction of sp³-hybridized carbons (Fsp3) is 0.500. The molecule has 10 heteroatoms. The van der Waals surface area contributed by atoms with Gasteiger partial charge >= 0.3 is 0 Å². The highest BCUT2D eigenvalue weighted by molar-refractivity contribution is 6.08. The van der Waals surface area contributed by atoms with Crippen LogP contribution < -0.4 is 0 Å². The lowest BCUT2D eigenvalue weighted by molar-refractivity contribution is -0.146. The van der Waals surface area contributed by atoms with Crippen LogP contribution in [-0.2, 0) is 39.9 Å². The van der Waals surface area contributed by atoms with Crippen molar-refractivity contribution in [1.29, 1.82) is 0 Å². The lowest BCUT2D eigenvalue weighted by Crippen LogP contribution is -2.41. The summed E-state index contributed by atoms with van der Waals surface area (Å²) >= 11 is 0. The number of aromatic nitrogens is 2. The van der Waals surface area contributed by atoms with Crippen molar-refractivity contribution in [3.63, 3.8) is 0 Å². The van der Waals surface area contributed by atoms with Crippen molar-refractivity contribution in [3.05, 3.63) is 47.8 Å². The Balaban J connectivity index is 1.26. The van der Waals surface area contributed by atoms with E-state index in [2.05, 4.69) is 10.2 Å². The molecular weight excluding hydrogens is 440 g/mol. The molecule has 7 heterocycles. The Hall–Kier alpha value is -3.24. The van der Waals surface area contributed by atoms with Crippen LogP contribution in [0, 0.1) is 23.7 Å². The van der Waals surface area contributed by atoms with Gasteiger partial charge in [-0.3, -0.25) is 29.0 Å². The van der Waals surface area contributed by atoms with Crippen LogP contribution in [0.5, 0.6) is 0 Å². The van der Waals surface area contributed by atoms with Crippen LogP contribution in [0.4, 0.5) is 0 Å². The first kappa shape index (κ1) is 20.2. The summed E-state index contributed by atoms with van der Waals surface area (Å²) in [5.41, 5.74) is -1.45. The monoisotopic (exact) mass is 462 g/mol. The van der Waals surface area contributed by atoms with Crippen LogP contribution in [0.15, 0.2) is 36.4 Å². The molecule has 174 valence electrons. The van der Waals surface area contributed by atoms with Gasteiger partial charge < -0.3 is 9.47 Å². The molecule has 0 N–H and O–H groups in total. The first-order chi connectivity index (χ1) is 16.4. The number of rotatable bonds is 4. The van der Waals surface area contributed by atoms with Crippen LogP contribution in [0.25, 0.3) is 0 Å². The number of imide groups is 2. The molecule has 1 aromatic rings. The van der Waals surface area contributed by atoms with Gasteiger partial charge in [0.05, 0.1) is 47.3 Å². The van der Waals surface area contributed by atoms with Crippen molar-refractivity contribution < 1.29 is 28.7 Å². The summed E-state index contributed by atoms with van der Waals surface area (Å²) in [5, 5.41) is 8.85. The zero-order valence-electron chi connectivity index (χ0n) is 18.6. The Kier molecular flexibility index (Phi) is 3.71. The Morgan fingerprint density at radius 1 is 0.735 bits per heavy atom. The van der Waals surface area contributed by atoms with E-state index in [4.69, 9.17) is 9.47 Å². The predicted octanol–water partition coefficient (Wildman–Crippen LogP) is 0.0466. The minimum Gasteiger partial charge on any atom is -0.355 e. The lowest BCUT2D eigenvalue weighted by atomic mass is 9.74. The normalized spacial score (nSPS) is 43.1. The van der Waals surface area contributed by atoms with Gasteiger partial charge in [-0.25, -0.2) is 0 Å². The standard InChI is InChI=1S/C24H22N4O6/c1-3-27-19(29)15-11-7-9-23(33-11,17(15)21(27)31)13-5-6-14(26-25-13)24-10-8-12(34-24)16-18(24)22(32)28(4-2)20(16)30/h5-12,15-18H,3-4H2,1-2H3. The predicted molar refractivity (Wildman–Crippen MR) is 112 cm³/mol. The van der Waals surface area contributed by atoms with Gasteiger partial charge in [-0.05, 0) is 38.1 Å². The molecule has 6 aliphatic heterocycles. The molecule has 8 unspecified atom stereocenters. The third-order valence-electron chi connectivity index (χ3n) is 8.34. The van der Waals surface area contributed by atoms with E-state index in [1.807, 2.05) is 12.2 Å². The number of carbonyl (C=O) groups excluding carboxylic acids is 4. The van der Waals surface area contributed by atoms with E-state index in [0.29, 0.717) is 24.5 Å². The molecule has 0 aliphatic carbocycles. The van der Waals surface area contributed by atoms with Gasteiger partial charge in [-0.15, -0.1) is 0 Å². The quantitative estimate of drug-likeness (QED) is 0.455. The van der Waals surface area contributed by atoms with Crippen LogP contribution in [0.1, 0.15) is 25.2 Å². The van der Waals surface area contributed by atoms with E-state index >= 15 is 0 Å². The van der Waals surface area contributed by atoms with Crippen molar-refractivity contribution in [2.24, 2.45) is 23.7 Å². The van der Waals surface area contributed by atoms with Gasteiger partial charge in [0, 0.05) is 13.1 Å². The summed E-state index contributed by atoms with van der Waals surface area (Å²) in [7, 11) is 0. The highest BCUT2D eigenvalue weighted by Crippen LogP contribution is 2.58. The second-order valence-corrected chi connectivity index (χ2v) is 9.62. The fourth-order valence-electron chi connectivity index (χ4n) is 6.87.